The Morgan fingerprint density at radius 2 is 2.28 bits per heavy atom. The van der Waals surface area contributed by atoms with Crippen molar-refractivity contribution in [3.8, 4) is 5.75 Å². The van der Waals surface area contributed by atoms with E-state index in [1.807, 2.05) is 6.07 Å². The summed E-state index contributed by atoms with van der Waals surface area (Å²) in [7, 11) is 4.13. The molecule has 0 aromatic heterocycles. The van der Waals surface area contributed by atoms with E-state index in [0.717, 1.165) is 31.6 Å². The number of hydrogen-bond donors (Lipinski definition) is 2. The summed E-state index contributed by atoms with van der Waals surface area (Å²) in [6.45, 7) is 3.36. The lowest BCUT2D eigenvalue weighted by molar-refractivity contribution is 0.0263. The molecule has 0 radical (unpaired) electrons. The minimum absolute atomic E-state index is 0.0296. The number of phenols is 1. The third-order valence-corrected chi connectivity index (χ3v) is 3.21. The fourth-order valence-electron chi connectivity index (χ4n) is 2.14. The van der Waals surface area contributed by atoms with Gasteiger partial charge < -0.3 is 20.1 Å². The topological polar surface area (TPSA) is 44.7 Å². The van der Waals surface area contributed by atoms with Crippen LogP contribution in [0.5, 0.6) is 5.75 Å². The molecule has 1 aromatic rings. The fourth-order valence-corrected chi connectivity index (χ4v) is 2.14. The first-order valence-electron chi connectivity index (χ1n) is 6.45. The zero-order valence-corrected chi connectivity index (χ0v) is 11.1. The van der Waals surface area contributed by atoms with Crippen molar-refractivity contribution in [1.82, 2.24) is 10.2 Å². The molecule has 18 heavy (non-hydrogen) atoms. The Balaban J connectivity index is 2.10. The first kappa shape index (κ1) is 13.3. The van der Waals surface area contributed by atoms with Gasteiger partial charge in [0.15, 0.2) is 0 Å². The first-order valence-corrected chi connectivity index (χ1v) is 6.45. The Morgan fingerprint density at radius 3 is 2.94 bits per heavy atom. The predicted octanol–water partition coefficient (Wildman–Crippen LogP) is 1.16. The monoisotopic (exact) mass is 250 g/mol. The second-order valence-electron chi connectivity index (χ2n) is 5.01. The quantitative estimate of drug-likeness (QED) is 0.841. The van der Waals surface area contributed by atoms with Crippen molar-refractivity contribution in [2.45, 2.75) is 12.5 Å². The first-order chi connectivity index (χ1) is 8.66. The van der Waals surface area contributed by atoms with E-state index in [0.29, 0.717) is 12.4 Å². The maximum Gasteiger partial charge on any atom is 0.121 e. The Labute approximate surface area is 109 Å². The maximum absolute atomic E-state index is 9.95. The van der Waals surface area contributed by atoms with Crippen LogP contribution < -0.4 is 5.32 Å². The Hall–Kier alpha value is -1.10. The molecule has 0 amide bonds. The van der Waals surface area contributed by atoms with Crippen LogP contribution in [-0.4, -0.2) is 50.3 Å². The summed E-state index contributed by atoms with van der Waals surface area (Å²) < 4.78 is 5.69. The molecule has 0 spiro atoms. The largest absolute Gasteiger partial charge is 0.508 e. The number of likely N-dealkylation sites (N-methyl/N-ethyl adjacent to an activating group) is 1. The summed E-state index contributed by atoms with van der Waals surface area (Å²) in [5, 5.41) is 13.2. The van der Waals surface area contributed by atoms with Crippen LogP contribution in [0.25, 0.3) is 0 Å². The molecule has 100 valence electrons. The van der Waals surface area contributed by atoms with Gasteiger partial charge in [-0.25, -0.2) is 0 Å². The van der Waals surface area contributed by atoms with Gasteiger partial charge in [0, 0.05) is 25.2 Å². The molecule has 0 aliphatic carbocycles. The molecule has 1 aromatic carbocycles. The van der Waals surface area contributed by atoms with E-state index in [4.69, 9.17) is 4.74 Å². The van der Waals surface area contributed by atoms with Crippen molar-refractivity contribution in [3.63, 3.8) is 0 Å². The molecule has 1 unspecified atom stereocenters. The molecule has 1 heterocycles. The molecular weight excluding hydrogens is 228 g/mol. The van der Waals surface area contributed by atoms with Crippen molar-refractivity contribution in [1.29, 1.82) is 0 Å². The molecule has 1 aliphatic heterocycles. The number of aromatic hydroxyl groups is 1. The van der Waals surface area contributed by atoms with E-state index in [1.54, 1.807) is 6.07 Å². The number of nitrogens with one attached hydrogen (secondary N) is 1. The van der Waals surface area contributed by atoms with Gasteiger partial charge in [-0.15, -0.1) is 0 Å². The molecule has 1 atom stereocenters. The molecule has 1 aliphatic rings. The van der Waals surface area contributed by atoms with E-state index in [9.17, 15) is 5.11 Å². The van der Waals surface area contributed by atoms with Crippen molar-refractivity contribution >= 4 is 0 Å². The van der Waals surface area contributed by atoms with Crippen LogP contribution in [0.2, 0.25) is 0 Å². The lowest BCUT2D eigenvalue weighted by Gasteiger charge is -2.25. The van der Waals surface area contributed by atoms with Crippen molar-refractivity contribution in [2.75, 3.05) is 40.3 Å². The molecule has 1 saturated heterocycles. The summed E-state index contributed by atoms with van der Waals surface area (Å²) in [6.07, 6.45) is 0.957. The van der Waals surface area contributed by atoms with Gasteiger partial charge in [0.05, 0.1) is 12.7 Å². The van der Waals surface area contributed by atoms with Gasteiger partial charge in [-0.3, -0.25) is 0 Å². The summed E-state index contributed by atoms with van der Waals surface area (Å²) in [4.78, 5) is 2.16. The lowest BCUT2D eigenvalue weighted by Crippen LogP contribution is -2.33. The number of phenolic OH excluding ortho intramolecular Hbond substituents is 1. The van der Waals surface area contributed by atoms with E-state index >= 15 is 0 Å². The van der Waals surface area contributed by atoms with E-state index < -0.39 is 0 Å². The molecule has 4 heteroatoms. The number of benzene rings is 1. The van der Waals surface area contributed by atoms with Gasteiger partial charge in [-0.1, -0.05) is 6.07 Å². The molecule has 0 bridgehead atoms. The molecule has 4 nitrogen and oxygen atoms in total. The Bertz CT molecular complexity index is 387. The van der Waals surface area contributed by atoms with E-state index in [1.165, 1.54) is 5.56 Å². The molecule has 0 saturated carbocycles. The van der Waals surface area contributed by atoms with Gasteiger partial charge in [0.2, 0.25) is 0 Å². The number of nitrogens with zero attached hydrogens (tertiary/aromatic N) is 1. The minimum Gasteiger partial charge on any atom is -0.508 e. The fraction of sp³-hybridized carbons (Fsp3) is 0.571. The molecule has 2 N–H and O–H groups in total. The van der Waals surface area contributed by atoms with Crippen LogP contribution in [0.4, 0.5) is 0 Å². The lowest BCUT2D eigenvalue weighted by atomic mass is 10.0. The zero-order chi connectivity index (χ0) is 13.0. The second kappa shape index (κ2) is 6.18. The Morgan fingerprint density at radius 1 is 1.44 bits per heavy atom. The van der Waals surface area contributed by atoms with Gasteiger partial charge in [0.1, 0.15) is 5.75 Å². The SMILES string of the molecule is CN(C)CCc1ccc(O)c(C2CNCCO2)c1. The Kier molecular flexibility index (Phi) is 4.58. The van der Waals surface area contributed by atoms with Crippen LogP contribution >= 0.6 is 0 Å². The molecular formula is C14H22N2O2. The normalized spacial score (nSPS) is 20.3. The summed E-state index contributed by atoms with van der Waals surface area (Å²) >= 11 is 0. The maximum atomic E-state index is 9.95. The zero-order valence-electron chi connectivity index (χ0n) is 11.1. The van der Waals surface area contributed by atoms with Gasteiger partial charge >= 0.3 is 0 Å². The molecule has 2 rings (SSSR count). The van der Waals surface area contributed by atoms with Crippen molar-refractivity contribution in [3.05, 3.63) is 29.3 Å². The average molecular weight is 250 g/mol. The minimum atomic E-state index is -0.0296. The van der Waals surface area contributed by atoms with E-state index in [2.05, 4.69) is 30.4 Å². The third-order valence-electron chi connectivity index (χ3n) is 3.21. The van der Waals surface area contributed by atoms with E-state index in [-0.39, 0.29) is 6.10 Å². The highest BCUT2D eigenvalue weighted by Crippen LogP contribution is 2.28. The van der Waals surface area contributed by atoms with Crippen LogP contribution in [0, 0.1) is 0 Å². The molecule has 1 fully saturated rings. The van der Waals surface area contributed by atoms with Crippen molar-refractivity contribution < 1.29 is 9.84 Å². The van der Waals surface area contributed by atoms with Gasteiger partial charge in [0.25, 0.3) is 0 Å². The van der Waals surface area contributed by atoms with Crippen LogP contribution in [0.1, 0.15) is 17.2 Å². The van der Waals surface area contributed by atoms with Crippen molar-refractivity contribution in [2.24, 2.45) is 0 Å². The predicted molar refractivity (Wildman–Crippen MR) is 71.9 cm³/mol. The highest BCUT2D eigenvalue weighted by atomic mass is 16.5. The highest BCUT2D eigenvalue weighted by Gasteiger charge is 2.19. The van der Waals surface area contributed by atoms with Crippen LogP contribution in [0.15, 0.2) is 18.2 Å². The number of rotatable bonds is 4. The summed E-state index contributed by atoms with van der Waals surface area (Å²) in [5.74, 6) is 0.331. The summed E-state index contributed by atoms with van der Waals surface area (Å²) in [6, 6.07) is 5.83. The average Bonchev–Trinajstić information content (AvgIpc) is 2.38. The second-order valence-corrected chi connectivity index (χ2v) is 5.01. The summed E-state index contributed by atoms with van der Waals surface area (Å²) in [5.41, 5.74) is 2.14. The third kappa shape index (κ3) is 3.45. The number of ether oxygens (including phenoxy) is 1. The number of morpholine rings is 1. The highest BCUT2D eigenvalue weighted by molar-refractivity contribution is 5.38. The van der Waals surface area contributed by atoms with Gasteiger partial charge in [-0.05, 0) is 38.2 Å². The standard InChI is InChI=1S/C14H22N2O2/c1-16(2)7-5-11-3-4-13(17)12(9-11)14-10-15-6-8-18-14/h3-4,9,14-15,17H,5-8,10H2,1-2H3. The smallest absolute Gasteiger partial charge is 0.121 e. The van der Waals surface area contributed by atoms with Gasteiger partial charge in [-0.2, -0.15) is 0 Å². The van der Waals surface area contributed by atoms with Crippen LogP contribution in [-0.2, 0) is 11.2 Å². The van der Waals surface area contributed by atoms with Crippen LogP contribution in [0.3, 0.4) is 0 Å². The number of hydrogen-bond acceptors (Lipinski definition) is 4.